The summed E-state index contributed by atoms with van der Waals surface area (Å²) in [7, 11) is 0. The van der Waals surface area contributed by atoms with Gasteiger partial charge in [0.15, 0.2) is 5.82 Å². The van der Waals surface area contributed by atoms with Crippen molar-refractivity contribution in [2.24, 2.45) is 0 Å². The minimum atomic E-state index is 0.0162. The molecular formula is C27H26N4O2. The molecule has 0 spiro atoms. The maximum atomic E-state index is 12.9. The lowest BCUT2D eigenvalue weighted by molar-refractivity contribution is 0.0726. The number of carbonyl (C=O) groups excluding carboxylic acids is 1. The van der Waals surface area contributed by atoms with Gasteiger partial charge in [-0.3, -0.25) is 4.79 Å². The van der Waals surface area contributed by atoms with E-state index in [0.717, 1.165) is 39.0 Å². The van der Waals surface area contributed by atoms with Gasteiger partial charge in [-0.25, -0.2) is 0 Å². The lowest BCUT2D eigenvalue weighted by atomic mass is 10.0. The van der Waals surface area contributed by atoms with Crippen molar-refractivity contribution >= 4 is 22.5 Å². The smallest absolute Gasteiger partial charge is 0.253 e. The maximum Gasteiger partial charge on any atom is 0.253 e. The zero-order valence-corrected chi connectivity index (χ0v) is 18.6. The molecular weight excluding hydrogens is 412 g/mol. The third-order valence-electron chi connectivity index (χ3n) is 6.29. The van der Waals surface area contributed by atoms with E-state index in [1.807, 2.05) is 71.6 Å². The van der Waals surface area contributed by atoms with E-state index in [1.54, 1.807) is 0 Å². The summed E-state index contributed by atoms with van der Waals surface area (Å²) in [5, 5.41) is 20.7. The third-order valence-corrected chi connectivity index (χ3v) is 6.29. The van der Waals surface area contributed by atoms with Gasteiger partial charge in [-0.2, -0.15) is 0 Å². The minimum Gasteiger partial charge on any atom is -0.392 e. The van der Waals surface area contributed by atoms with Crippen molar-refractivity contribution in [1.82, 2.24) is 15.1 Å². The highest BCUT2D eigenvalue weighted by Crippen LogP contribution is 2.33. The molecule has 3 aromatic carbocycles. The largest absolute Gasteiger partial charge is 0.392 e. The molecule has 5 rings (SSSR count). The number of carbonyl (C=O) groups is 1. The Kier molecular flexibility index (Phi) is 5.75. The molecule has 1 aliphatic heterocycles. The zero-order chi connectivity index (χ0) is 22.8. The monoisotopic (exact) mass is 438 g/mol. The third kappa shape index (κ3) is 4.05. The van der Waals surface area contributed by atoms with E-state index in [0.29, 0.717) is 19.6 Å². The first kappa shape index (κ1) is 21.1. The van der Waals surface area contributed by atoms with Crippen LogP contribution in [-0.4, -0.2) is 51.8 Å². The molecule has 0 unspecified atom stereocenters. The van der Waals surface area contributed by atoms with Crippen LogP contribution >= 0.6 is 0 Å². The van der Waals surface area contributed by atoms with E-state index in [1.165, 1.54) is 0 Å². The molecule has 1 N–H and O–H groups in total. The Bertz CT molecular complexity index is 1270. The van der Waals surface area contributed by atoms with Gasteiger partial charge in [0.05, 0.1) is 6.61 Å². The molecule has 1 aliphatic rings. The van der Waals surface area contributed by atoms with Crippen LogP contribution in [0.1, 0.15) is 22.8 Å². The number of amides is 1. The second-order valence-electron chi connectivity index (χ2n) is 8.43. The second kappa shape index (κ2) is 9.00. The lowest BCUT2D eigenvalue weighted by Gasteiger charge is -2.40. The van der Waals surface area contributed by atoms with Crippen molar-refractivity contribution in [3.05, 3.63) is 90.0 Å². The fraction of sp³-hybridized carbons (Fsp3) is 0.222. The SMILES string of the molecule is C[C@@H]1CN(C(=O)c2ccccc2)CCN1c1nnc(-c2ccc(CO)cc2)c2ccccc12. The molecule has 0 aliphatic carbocycles. The van der Waals surface area contributed by atoms with E-state index in [4.69, 9.17) is 0 Å². The van der Waals surface area contributed by atoms with Crippen LogP contribution in [0.25, 0.3) is 22.0 Å². The summed E-state index contributed by atoms with van der Waals surface area (Å²) in [6, 6.07) is 25.5. The highest BCUT2D eigenvalue weighted by Gasteiger charge is 2.29. The average molecular weight is 439 g/mol. The molecule has 1 amide bonds. The van der Waals surface area contributed by atoms with Crippen LogP contribution in [0.2, 0.25) is 0 Å². The quantitative estimate of drug-likeness (QED) is 0.519. The zero-order valence-electron chi connectivity index (χ0n) is 18.6. The molecule has 1 saturated heterocycles. The number of piperazine rings is 1. The molecule has 1 atom stereocenters. The van der Waals surface area contributed by atoms with Gasteiger partial charge in [0.2, 0.25) is 0 Å². The van der Waals surface area contributed by atoms with Crippen LogP contribution in [0, 0.1) is 0 Å². The Morgan fingerprint density at radius 2 is 1.61 bits per heavy atom. The normalized spacial score (nSPS) is 16.2. The Hall–Kier alpha value is -3.77. The fourth-order valence-corrected chi connectivity index (χ4v) is 4.50. The van der Waals surface area contributed by atoms with Crippen molar-refractivity contribution in [3.8, 4) is 11.3 Å². The van der Waals surface area contributed by atoms with E-state index >= 15 is 0 Å². The van der Waals surface area contributed by atoms with Crippen molar-refractivity contribution < 1.29 is 9.90 Å². The number of aliphatic hydroxyl groups excluding tert-OH is 1. The summed E-state index contributed by atoms with van der Waals surface area (Å²) >= 11 is 0. The van der Waals surface area contributed by atoms with E-state index < -0.39 is 0 Å². The fourth-order valence-electron chi connectivity index (χ4n) is 4.50. The lowest BCUT2D eigenvalue weighted by Crippen LogP contribution is -2.54. The summed E-state index contributed by atoms with van der Waals surface area (Å²) in [5.41, 5.74) is 3.38. The number of aromatic nitrogens is 2. The highest BCUT2D eigenvalue weighted by molar-refractivity contribution is 6.00. The number of fused-ring (bicyclic) bond motifs is 1. The number of hydrogen-bond acceptors (Lipinski definition) is 5. The van der Waals surface area contributed by atoms with Crippen LogP contribution in [0.4, 0.5) is 5.82 Å². The van der Waals surface area contributed by atoms with E-state index in [2.05, 4.69) is 34.2 Å². The Labute approximate surface area is 193 Å². The molecule has 0 radical (unpaired) electrons. The number of anilines is 1. The molecule has 4 aromatic rings. The number of hydrogen-bond donors (Lipinski definition) is 1. The summed E-state index contributed by atoms with van der Waals surface area (Å²) in [6.45, 7) is 4.11. The predicted octanol–water partition coefficient (Wildman–Crippen LogP) is 4.14. The van der Waals surface area contributed by atoms with Crippen molar-refractivity contribution in [2.75, 3.05) is 24.5 Å². The molecule has 1 aromatic heterocycles. The summed E-state index contributed by atoms with van der Waals surface area (Å²) < 4.78 is 0. The molecule has 6 heteroatoms. The van der Waals surface area contributed by atoms with Crippen LogP contribution in [0.15, 0.2) is 78.9 Å². The molecule has 0 bridgehead atoms. The van der Waals surface area contributed by atoms with Gasteiger partial charge >= 0.3 is 0 Å². The minimum absolute atomic E-state index is 0.0162. The number of aliphatic hydroxyl groups is 1. The van der Waals surface area contributed by atoms with E-state index in [9.17, 15) is 9.90 Å². The standard InChI is InChI=1S/C27H26N4O2/c1-19-17-30(27(33)22-7-3-2-4-8-22)15-16-31(19)26-24-10-6-5-9-23(24)25(28-29-26)21-13-11-20(18-32)12-14-21/h2-14,19,32H,15-18H2,1H3/t19-/m1/s1. The second-order valence-corrected chi connectivity index (χ2v) is 8.43. The van der Waals surface area contributed by atoms with Crippen LogP contribution < -0.4 is 4.90 Å². The van der Waals surface area contributed by atoms with Gasteiger partial charge in [-0.15, -0.1) is 10.2 Å². The first-order valence-electron chi connectivity index (χ1n) is 11.2. The van der Waals surface area contributed by atoms with Gasteiger partial charge in [0, 0.05) is 47.6 Å². The number of benzene rings is 3. The predicted molar refractivity (Wildman–Crippen MR) is 130 cm³/mol. The summed E-state index contributed by atoms with van der Waals surface area (Å²) in [4.78, 5) is 17.1. The topological polar surface area (TPSA) is 69.6 Å². The Morgan fingerprint density at radius 3 is 2.30 bits per heavy atom. The summed E-state index contributed by atoms with van der Waals surface area (Å²) in [5.74, 6) is 0.917. The van der Waals surface area contributed by atoms with Gasteiger partial charge in [0.25, 0.3) is 5.91 Å². The molecule has 1 fully saturated rings. The van der Waals surface area contributed by atoms with Crippen molar-refractivity contribution in [2.45, 2.75) is 19.6 Å². The summed E-state index contributed by atoms with van der Waals surface area (Å²) in [6.07, 6.45) is 0. The highest BCUT2D eigenvalue weighted by atomic mass is 16.3. The Balaban J connectivity index is 1.44. The maximum absolute atomic E-state index is 12.9. The number of rotatable bonds is 4. The van der Waals surface area contributed by atoms with Crippen molar-refractivity contribution in [3.63, 3.8) is 0 Å². The van der Waals surface area contributed by atoms with Gasteiger partial charge in [-0.05, 0) is 24.6 Å². The first-order chi connectivity index (χ1) is 16.2. The van der Waals surface area contributed by atoms with Crippen LogP contribution in [0.5, 0.6) is 0 Å². The van der Waals surface area contributed by atoms with Gasteiger partial charge in [-0.1, -0.05) is 66.7 Å². The van der Waals surface area contributed by atoms with Crippen LogP contribution in [-0.2, 0) is 6.61 Å². The Morgan fingerprint density at radius 1 is 0.909 bits per heavy atom. The number of nitrogens with zero attached hydrogens (tertiary/aromatic N) is 4. The molecule has 166 valence electrons. The van der Waals surface area contributed by atoms with E-state index in [-0.39, 0.29) is 18.6 Å². The first-order valence-corrected chi connectivity index (χ1v) is 11.2. The van der Waals surface area contributed by atoms with Crippen molar-refractivity contribution in [1.29, 1.82) is 0 Å². The van der Waals surface area contributed by atoms with Gasteiger partial charge < -0.3 is 14.9 Å². The molecule has 33 heavy (non-hydrogen) atoms. The molecule has 0 saturated carbocycles. The average Bonchev–Trinajstić information content (AvgIpc) is 2.88. The van der Waals surface area contributed by atoms with Crippen LogP contribution in [0.3, 0.4) is 0 Å². The molecule has 2 heterocycles. The van der Waals surface area contributed by atoms with Gasteiger partial charge in [0.1, 0.15) is 5.69 Å². The molecule has 6 nitrogen and oxygen atoms in total.